The maximum Gasteiger partial charge on any atom is 0.224 e. The number of aryl methyl sites for hydroxylation is 4. The summed E-state index contributed by atoms with van der Waals surface area (Å²) in [4.78, 5) is 12.8. The summed E-state index contributed by atoms with van der Waals surface area (Å²) in [7, 11) is 0. The van der Waals surface area contributed by atoms with Gasteiger partial charge in [0.15, 0.2) is 0 Å². The van der Waals surface area contributed by atoms with Crippen LogP contribution in [0.1, 0.15) is 54.0 Å². The van der Waals surface area contributed by atoms with E-state index in [1.54, 1.807) is 0 Å². The molecule has 2 aromatic rings. The molecule has 5 nitrogen and oxygen atoms in total. The van der Waals surface area contributed by atoms with Gasteiger partial charge in [-0.3, -0.25) is 4.79 Å². The molecule has 0 spiro atoms. The Balaban J connectivity index is 1.43. The number of carbonyl (C=O) groups excluding carboxylic acids is 1. The Kier molecular flexibility index (Phi) is 4.33. The Hall–Kier alpha value is -2.17. The van der Waals surface area contributed by atoms with E-state index in [0.29, 0.717) is 6.54 Å². The van der Waals surface area contributed by atoms with Gasteiger partial charge in [-0.15, -0.1) is 10.2 Å². The fourth-order valence-electron chi connectivity index (χ4n) is 4.32. The second-order valence-corrected chi connectivity index (χ2v) is 8.16. The highest BCUT2D eigenvalue weighted by Gasteiger charge is 2.39. The zero-order valence-corrected chi connectivity index (χ0v) is 16.0. The van der Waals surface area contributed by atoms with Crippen molar-refractivity contribution in [2.24, 2.45) is 5.92 Å². The number of amides is 1. The number of hydrogen-bond donors (Lipinski definition) is 1. The lowest BCUT2D eigenvalue weighted by atomic mass is 9.64. The Bertz CT molecular complexity index is 835. The van der Waals surface area contributed by atoms with E-state index in [1.807, 2.05) is 6.92 Å². The van der Waals surface area contributed by atoms with Gasteiger partial charge in [-0.25, -0.2) is 0 Å². The van der Waals surface area contributed by atoms with E-state index in [4.69, 9.17) is 0 Å². The molecule has 0 saturated heterocycles. The molecule has 0 radical (unpaired) electrons. The number of carbonyl (C=O) groups is 1. The topological polar surface area (TPSA) is 59.8 Å². The largest absolute Gasteiger partial charge is 0.355 e. The van der Waals surface area contributed by atoms with E-state index in [9.17, 15) is 4.79 Å². The van der Waals surface area contributed by atoms with Crippen LogP contribution in [0.2, 0.25) is 0 Å². The van der Waals surface area contributed by atoms with Gasteiger partial charge in [-0.05, 0) is 56.7 Å². The first-order valence-corrected chi connectivity index (χ1v) is 9.73. The molecule has 4 rings (SSSR count). The van der Waals surface area contributed by atoms with Crippen LogP contribution in [0.25, 0.3) is 0 Å². The third-order valence-corrected chi connectivity index (χ3v) is 6.53. The van der Waals surface area contributed by atoms with Crippen LogP contribution in [0.4, 0.5) is 0 Å². The highest BCUT2D eigenvalue weighted by Crippen LogP contribution is 2.43. The first-order chi connectivity index (χ1) is 12.5. The van der Waals surface area contributed by atoms with Gasteiger partial charge < -0.3 is 9.88 Å². The molecular formula is C21H28N4O. The van der Waals surface area contributed by atoms with E-state index in [2.05, 4.69) is 52.1 Å². The van der Waals surface area contributed by atoms with Gasteiger partial charge in [0.25, 0.3) is 0 Å². The molecule has 2 heterocycles. The lowest BCUT2D eigenvalue weighted by molar-refractivity contribution is -0.126. The van der Waals surface area contributed by atoms with E-state index >= 15 is 0 Å². The van der Waals surface area contributed by atoms with Crippen LogP contribution in [0.15, 0.2) is 18.2 Å². The zero-order valence-electron chi connectivity index (χ0n) is 16.0. The fraction of sp³-hybridized carbons (Fsp3) is 0.571. The zero-order chi connectivity index (χ0) is 18.3. The molecule has 1 atom stereocenters. The average molecular weight is 352 g/mol. The summed E-state index contributed by atoms with van der Waals surface area (Å²) in [6.45, 7) is 7.73. The van der Waals surface area contributed by atoms with Crippen LogP contribution < -0.4 is 5.32 Å². The maximum atomic E-state index is 12.8. The number of aromatic nitrogens is 3. The molecule has 1 aliphatic carbocycles. The molecular weight excluding hydrogens is 324 g/mol. The minimum atomic E-state index is 0.0223. The quantitative estimate of drug-likeness (QED) is 0.920. The summed E-state index contributed by atoms with van der Waals surface area (Å²) in [5.74, 6) is 2.12. The second kappa shape index (κ2) is 6.53. The van der Waals surface area contributed by atoms with Crippen molar-refractivity contribution in [1.82, 2.24) is 20.1 Å². The second-order valence-electron chi connectivity index (χ2n) is 8.16. The Morgan fingerprint density at radius 1 is 1.23 bits per heavy atom. The van der Waals surface area contributed by atoms with Crippen LogP contribution in [0.3, 0.4) is 0 Å². The molecule has 138 valence electrons. The minimum Gasteiger partial charge on any atom is -0.355 e. The summed E-state index contributed by atoms with van der Waals surface area (Å²) in [5, 5.41) is 11.6. The molecule has 1 aromatic heterocycles. The highest BCUT2D eigenvalue weighted by molar-refractivity contribution is 5.79. The number of rotatable bonds is 4. The van der Waals surface area contributed by atoms with Gasteiger partial charge in [-0.2, -0.15) is 0 Å². The van der Waals surface area contributed by atoms with E-state index in [0.717, 1.165) is 43.9 Å². The summed E-state index contributed by atoms with van der Waals surface area (Å²) >= 11 is 0. The first-order valence-electron chi connectivity index (χ1n) is 9.73. The normalized spacial score (nSPS) is 21.0. The Labute approximate surface area is 155 Å². The summed E-state index contributed by atoms with van der Waals surface area (Å²) in [5.41, 5.74) is 4.17. The number of hydrogen-bond acceptors (Lipinski definition) is 3. The number of fused-ring (bicyclic) bond motifs is 1. The molecule has 5 heteroatoms. The van der Waals surface area contributed by atoms with E-state index < -0.39 is 0 Å². The van der Waals surface area contributed by atoms with Gasteiger partial charge in [0.1, 0.15) is 11.6 Å². The Morgan fingerprint density at radius 2 is 2.04 bits per heavy atom. The molecule has 1 aliphatic heterocycles. The van der Waals surface area contributed by atoms with Crippen molar-refractivity contribution in [3.63, 3.8) is 0 Å². The smallest absolute Gasteiger partial charge is 0.224 e. The number of nitrogens with zero attached hydrogens (tertiary/aromatic N) is 3. The van der Waals surface area contributed by atoms with Crippen LogP contribution in [0.5, 0.6) is 0 Å². The van der Waals surface area contributed by atoms with Crippen molar-refractivity contribution < 1.29 is 4.79 Å². The predicted molar refractivity (Wildman–Crippen MR) is 101 cm³/mol. The summed E-state index contributed by atoms with van der Waals surface area (Å²) in [6, 6.07) is 6.78. The standard InChI is InChI=1S/C21H28N4O/c1-14-5-7-18(11-15(14)2)21(9-4-10-21)13-22-20(26)17-6-8-19-24-23-16(3)25(19)12-17/h5,7,11,17H,4,6,8-10,12-13H2,1-3H3,(H,22,26). The van der Waals surface area contributed by atoms with Crippen molar-refractivity contribution in [2.45, 2.75) is 64.8 Å². The van der Waals surface area contributed by atoms with Crippen molar-refractivity contribution in [3.8, 4) is 0 Å². The molecule has 0 bridgehead atoms. The SMILES string of the molecule is Cc1ccc(C2(CNC(=O)C3CCc4nnc(C)n4C3)CCC2)cc1C. The average Bonchev–Trinajstić information content (AvgIpc) is 2.97. The first kappa shape index (κ1) is 17.3. The molecule has 1 saturated carbocycles. The van der Waals surface area contributed by atoms with Crippen LogP contribution in [-0.4, -0.2) is 27.2 Å². The van der Waals surface area contributed by atoms with E-state index in [-0.39, 0.29) is 17.2 Å². The summed E-state index contributed by atoms with van der Waals surface area (Å²) in [6.07, 6.45) is 5.27. The maximum absolute atomic E-state index is 12.8. The van der Waals surface area contributed by atoms with Gasteiger partial charge in [-0.1, -0.05) is 24.6 Å². The molecule has 1 amide bonds. The molecule has 1 fully saturated rings. The van der Waals surface area contributed by atoms with Crippen molar-refractivity contribution in [3.05, 3.63) is 46.5 Å². The monoisotopic (exact) mass is 352 g/mol. The Morgan fingerprint density at radius 3 is 2.73 bits per heavy atom. The third-order valence-electron chi connectivity index (χ3n) is 6.53. The molecule has 2 aliphatic rings. The van der Waals surface area contributed by atoms with Crippen LogP contribution >= 0.6 is 0 Å². The van der Waals surface area contributed by atoms with Crippen molar-refractivity contribution in [1.29, 1.82) is 0 Å². The van der Waals surface area contributed by atoms with Gasteiger partial charge in [0, 0.05) is 24.9 Å². The molecule has 26 heavy (non-hydrogen) atoms. The van der Waals surface area contributed by atoms with Gasteiger partial charge in [0.2, 0.25) is 5.91 Å². The predicted octanol–water partition coefficient (Wildman–Crippen LogP) is 3.00. The van der Waals surface area contributed by atoms with Gasteiger partial charge in [0.05, 0.1) is 5.92 Å². The number of nitrogens with one attached hydrogen (secondary N) is 1. The number of benzene rings is 1. The molecule has 1 unspecified atom stereocenters. The van der Waals surface area contributed by atoms with Crippen LogP contribution in [-0.2, 0) is 23.2 Å². The van der Waals surface area contributed by atoms with Crippen LogP contribution in [0, 0.1) is 26.7 Å². The summed E-state index contributed by atoms with van der Waals surface area (Å²) < 4.78 is 2.09. The van der Waals surface area contributed by atoms with Gasteiger partial charge >= 0.3 is 0 Å². The lowest BCUT2D eigenvalue weighted by Gasteiger charge is -2.43. The third kappa shape index (κ3) is 2.93. The highest BCUT2D eigenvalue weighted by atomic mass is 16.1. The van der Waals surface area contributed by atoms with Crippen molar-refractivity contribution >= 4 is 5.91 Å². The minimum absolute atomic E-state index is 0.0223. The fourth-order valence-corrected chi connectivity index (χ4v) is 4.32. The molecule has 1 N–H and O–H groups in total. The van der Waals surface area contributed by atoms with Crippen molar-refractivity contribution in [2.75, 3.05) is 6.54 Å². The molecule has 1 aromatic carbocycles. The lowest BCUT2D eigenvalue weighted by Crippen LogP contribution is -2.47. The van der Waals surface area contributed by atoms with E-state index in [1.165, 1.54) is 23.1 Å².